The van der Waals surface area contributed by atoms with Crippen LogP contribution in [0.3, 0.4) is 0 Å². The van der Waals surface area contributed by atoms with Crippen LogP contribution in [-0.4, -0.2) is 40.2 Å². The van der Waals surface area contributed by atoms with Gasteiger partial charge in [-0.05, 0) is 37.5 Å². The highest BCUT2D eigenvalue weighted by Crippen LogP contribution is 2.47. The fraction of sp³-hybridized carbons (Fsp3) is 0.429. The van der Waals surface area contributed by atoms with Gasteiger partial charge >= 0.3 is 5.97 Å². The molecule has 28 heavy (non-hydrogen) atoms. The molecule has 1 aliphatic carbocycles. The molecule has 1 heterocycles. The number of ether oxygens (including phenoxy) is 4. The van der Waals surface area contributed by atoms with Gasteiger partial charge < -0.3 is 24.3 Å². The molecular weight excluding hydrogens is 362 g/mol. The molecule has 0 saturated heterocycles. The molecule has 0 saturated carbocycles. The van der Waals surface area contributed by atoms with E-state index in [1.165, 1.54) is 28.4 Å². The minimum absolute atomic E-state index is 0.0291. The Morgan fingerprint density at radius 2 is 1.68 bits per heavy atom. The average Bonchev–Trinajstić information content (AvgIpc) is 2.71. The first-order valence-electron chi connectivity index (χ1n) is 9.09. The number of dihydropyridines is 1. The van der Waals surface area contributed by atoms with Crippen molar-refractivity contribution in [2.75, 3.05) is 28.4 Å². The molecule has 0 fully saturated rings. The summed E-state index contributed by atoms with van der Waals surface area (Å²) in [5.41, 5.74) is 3.26. The fourth-order valence-electron chi connectivity index (χ4n) is 3.97. The molecule has 150 valence electrons. The summed E-state index contributed by atoms with van der Waals surface area (Å²) in [5.74, 6) is 0.359. The number of rotatable bonds is 5. The van der Waals surface area contributed by atoms with E-state index < -0.39 is 11.9 Å². The summed E-state index contributed by atoms with van der Waals surface area (Å²) in [4.78, 5) is 25.5. The molecule has 1 atom stereocenters. The van der Waals surface area contributed by atoms with Crippen LogP contribution in [0.25, 0.3) is 0 Å². The minimum Gasteiger partial charge on any atom is -0.493 e. The Balaban J connectivity index is 2.27. The van der Waals surface area contributed by atoms with E-state index in [-0.39, 0.29) is 5.78 Å². The van der Waals surface area contributed by atoms with E-state index in [1.807, 2.05) is 6.92 Å². The van der Waals surface area contributed by atoms with Crippen LogP contribution in [0.15, 0.2) is 34.7 Å². The van der Waals surface area contributed by atoms with Crippen LogP contribution < -0.4 is 19.5 Å². The predicted molar refractivity (Wildman–Crippen MR) is 103 cm³/mol. The lowest BCUT2D eigenvalue weighted by atomic mass is 9.75. The zero-order valence-corrected chi connectivity index (χ0v) is 16.8. The number of esters is 1. The van der Waals surface area contributed by atoms with E-state index in [1.54, 1.807) is 12.1 Å². The third kappa shape index (κ3) is 3.21. The smallest absolute Gasteiger partial charge is 0.336 e. The van der Waals surface area contributed by atoms with Crippen molar-refractivity contribution in [3.8, 4) is 17.2 Å². The van der Waals surface area contributed by atoms with Crippen molar-refractivity contribution in [1.29, 1.82) is 0 Å². The Labute approximate surface area is 164 Å². The van der Waals surface area contributed by atoms with Crippen molar-refractivity contribution in [1.82, 2.24) is 5.32 Å². The van der Waals surface area contributed by atoms with Gasteiger partial charge in [0.15, 0.2) is 17.3 Å². The number of carbonyl (C=O) groups is 2. The Morgan fingerprint density at radius 3 is 2.21 bits per heavy atom. The van der Waals surface area contributed by atoms with Gasteiger partial charge in [0.2, 0.25) is 5.75 Å². The van der Waals surface area contributed by atoms with Gasteiger partial charge in [-0.25, -0.2) is 4.79 Å². The molecule has 1 aromatic carbocycles. The van der Waals surface area contributed by atoms with Gasteiger partial charge in [0.1, 0.15) is 0 Å². The number of methoxy groups -OCH3 is 4. The second-order valence-corrected chi connectivity index (χ2v) is 6.72. The van der Waals surface area contributed by atoms with Crippen molar-refractivity contribution in [3.05, 3.63) is 40.2 Å². The Kier molecular flexibility index (Phi) is 5.63. The number of nitrogens with one attached hydrogen (secondary N) is 1. The molecule has 7 heteroatoms. The van der Waals surface area contributed by atoms with Crippen LogP contribution in [0.2, 0.25) is 0 Å². The molecule has 0 spiro atoms. The monoisotopic (exact) mass is 387 g/mol. The second kappa shape index (κ2) is 7.96. The van der Waals surface area contributed by atoms with Crippen molar-refractivity contribution in [2.45, 2.75) is 32.1 Å². The highest BCUT2D eigenvalue weighted by Gasteiger charge is 2.39. The molecule has 0 radical (unpaired) electrons. The van der Waals surface area contributed by atoms with E-state index in [2.05, 4.69) is 5.32 Å². The zero-order chi connectivity index (χ0) is 20.4. The maximum absolute atomic E-state index is 12.8. The van der Waals surface area contributed by atoms with Gasteiger partial charge in [-0.3, -0.25) is 4.79 Å². The van der Waals surface area contributed by atoms with E-state index in [0.717, 1.165) is 18.5 Å². The van der Waals surface area contributed by atoms with E-state index in [4.69, 9.17) is 18.9 Å². The topological polar surface area (TPSA) is 83.1 Å². The van der Waals surface area contributed by atoms with Crippen molar-refractivity contribution in [2.24, 2.45) is 0 Å². The summed E-state index contributed by atoms with van der Waals surface area (Å²) in [6, 6.07) is 3.56. The lowest BCUT2D eigenvalue weighted by molar-refractivity contribution is -0.136. The van der Waals surface area contributed by atoms with Gasteiger partial charge in [-0.15, -0.1) is 0 Å². The standard InChI is InChI=1S/C21H25NO6/c1-11-17(21(24)28-5)18(19-13(22-11)7-6-8-14(19)23)12-9-15(25-2)20(27-4)16(10-12)26-3/h9-10,18,22H,6-8H2,1-5H3/t18-/m1/s1. The summed E-state index contributed by atoms with van der Waals surface area (Å²) in [6.07, 6.45) is 2.00. The first kappa shape index (κ1) is 19.8. The van der Waals surface area contributed by atoms with Gasteiger partial charge in [0, 0.05) is 29.3 Å². The molecular formula is C21H25NO6. The van der Waals surface area contributed by atoms with Gasteiger partial charge in [0.05, 0.1) is 34.0 Å². The van der Waals surface area contributed by atoms with Crippen LogP contribution in [0, 0.1) is 0 Å². The Hall–Kier alpha value is -2.96. The molecule has 0 amide bonds. The SMILES string of the molecule is COC(=O)C1=C(C)NC2=C(C(=O)CCC2)[C@@H]1c1cc(OC)c(OC)c(OC)c1. The molecule has 1 N–H and O–H groups in total. The number of hydrogen-bond donors (Lipinski definition) is 1. The molecule has 1 aliphatic heterocycles. The van der Waals surface area contributed by atoms with Crippen LogP contribution in [0.1, 0.15) is 37.7 Å². The zero-order valence-electron chi connectivity index (χ0n) is 16.8. The lowest BCUT2D eigenvalue weighted by Crippen LogP contribution is -2.34. The highest BCUT2D eigenvalue weighted by atomic mass is 16.5. The number of ketones is 1. The second-order valence-electron chi connectivity index (χ2n) is 6.72. The summed E-state index contributed by atoms with van der Waals surface area (Å²) >= 11 is 0. The molecule has 3 rings (SSSR count). The fourth-order valence-corrected chi connectivity index (χ4v) is 3.97. The number of benzene rings is 1. The number of hydrogen-bond acceptors (Lipinski definition) is 7. The van der Waals surface area contributed by atoms with Gasteiger partial charge in [-0.1, -0.05) is 0 Å². The maximum Gasteiger partial charge on any atom is 0.336 e. The van der Waals surface area contributed by atoms with Crippen molar-refractivity contribution < 1.29 is 28.5 Å². The lowest BCUT2D eigenvalue weighted by Gasteiger charge is -2.34. The molecule has 0 bridgehead atoms. The number of allylic oxidation sites excluding steroid dienone is 3. The minimum atomic E-state index is -0.565. The molecule has 1 aromatic rings. The predicted octanol–water partition coefficient (Wildman–Crippen LogP) is 2.85. The average molecular weight is 387 g/mol. The van der Waals surface area contributed by atoms with Gasteiger partial charge in [0.25, 0.3) is 0 Å². The highest BCUT2D eigenvalue weighted by molar-refractivity contribution is 6.03. The first-order valence-corrected chi connectivity index (χ1v) is 9.09. The third-order valence-electron chi connectivity index (χ3n) is 5.20. The first-order chi connectivity index (χ1) is 13.5. The molecule has 2 aliphatic rings. The normalized spacial score (nSPS) is 19.0. The van der Waals surface area contributed by atoms with Crippen LogP contribution in [0.5, 0.6) is 17.2 Å². The van der Waals surface area contributed by atoms with E-state index in [9.17, 15) is 9.59 Å². The van der Waals surface area contributed by atoms with Crippen LogP contribution in [-0.2, 0) is 14.3 Å². The number of carbonyl (C=O) groups excluding carboxylic acids is 2. The van der Waals surface area contributed by atoms with Crippen molar-refractivity contribution >= 4 is 11.8 Å². The molecule has 0 aromatic heterocycles. The molecule has 0 unspecified atom stereocenters. The summed E-state index contributed by atoms with van der Waals surface area (Å²) in [5, 5.41) is 3.24. The van der Waals surface area contributed by atoms with E-state index in [0.29, 0.717) is 46.1 Å². The van der Waals surface area contributed by atoms with Gasteiger partial charge in [-0.2, -0.15) is 0 Å². The largest absolute Gasteiger partial charge is 0.493 e. The third-order valence-corrected chi connectivity index (χ3v) is 5.20. The summed E-state index contributed by atoms with van der Waals surface area (Å²) in [7, 11) is 5.92. The quantitative estimate of drug-likeness (QED) is 0.778. The Morgan fingerprint density at radius 1 is 1.04 bits per heavy atom. The van der Waals surface area contributed by atoms with Crippen LogP contribution >= 0.6 is 0 Å². The summed E-state index contributed by atoms with van der Waals surface area (Å²) in [6.45, 7) is 1.82. The van der Waals surface area contributed by atoms with E-state index >= 15 is 0 Å². The number of Topliss-reactive ketones (excluding diaryl/α,β-unsaturated/α-hetero) is 1. The van der Waals surface area contributed by atoms with Crippen LogP contribution in [0.4, 0.5) is 0 Å². The maximum atomic E-state index is 12.8. The Bertz CT molecular complexity index is 858. The van der Waals surface area contributed by atoms with Crippen molar-refractivity contribution in [3.63, 3.8) is 0 Å². The summed E-state index contributed by atoms with van der Waals surface area (Å²) < 4.78 is 21.4. The molecule has 7 nitrogen and oxygen atoms in total.